The lowest BCUT2D eigenvalue weighted by Gasteiger charge is -2.25. The van der Waals surface area contributed by atoms with E-state index in [0.29, 0.717) is 25.8 Å². The molecule has 41 heavy (non-hydrogen) atoms. The summed E-state index contributed by atoms with van der Waals surface area (Å²) in [6.07, 6.45) is 1.59. The van der Waals surface area contributed by atoms with Gasteiger partial charge in [-0.1, -0.05) is 0 Å². The summed E-state index contributed by atoms with van der Waals surface area (Å²) < 4.78 is 0. The first-order valence-corrected chi connectivity index (χ1v) is 13.3. The number of unbranched alkanes of at least 4 members (excludes halogenated alkanes) is 1. The van der Waals surface area contributed by atoms with Crippen LogP contribution in [-0.2, 0) is 24.0 Å². The Kier molecular flexibility index (Phi) is 18.6. The van der Waals surface area contributed by atoms with Crippen LogP contribution >= 0.6 is 0 Å². The topological polar surface area (TPSA) is 349 Å². The molecule has 0 radical (unpaired) electrons. The number of rotatable bonds is 22. The van der Waals surface area contributed by atoms with Gasteiger partial charge in [0.05, 0.1) is 6.04 Å². The number of hydrogen-bond donors (Lipinski definition) is 11. The van der Waals surface area contributed by atoms with E-state index < -0.39 is 53.8 Å². The summed E-state index contributed by atoms with van der Waals surface area (Å²) in [7, 11) is 0. The SMILES string of the molecule is NCCCCC(NC(=O)C(CCC(N)=O)NC(=O)C(CCCN=C(N)N)NC(=O)C(N)CCCN=C(N)N)C(=O)O. The van der Waals surface area contributed by atoms with E-state index in [9.17, 15) is 29.1 Å². The van der Waals surface area contributed by atoms with Gasteiger partial charge in [-0.25, -0.2) is 4.79 Å². The molecule has 0 aromatic heterocycles. The zero-order valence-electron chi connectivity index (χ0n) is 23.2. The fourth-order valence-corrected chi connectivity index (χ4v) is 3.55. The molecular formula is C23H46N12O6. The molecule has 0 saturated heterocycles. The van der Waals surface area contributed by atoms with Crippen LogP contribution < -0.4 is 56.1 Å². The van der Waals surface area contributed by atoms with Crippen molar-refractivity contribution in [3.63, 3.8) is 0 Å². The quantitative estimate of drug-likeness (QED) is 0.0324. The first-order valence-electron chi connectivity index (χ1n) is 13.3. The first-order chi connectivity index (χ1) is 19.3. The van der Waals surface area contributed by atoms with Gasteiger partial charge in [0.1, 0.15) is 18.1 Å². The summed E-state index contributed by atoms with van der Waals surface area (Å²) in [6, 6.07) is -4.72. The molecule has 0 aliphatic heterocycles. The number of guanidine groups is 2. The lowest BCUT2D eigenvalue weighted by atomic mass is 10.0. The molecule has 0 saturated carbocycles. The highest BCUT2D eigenvalue weighted by Crippen LogP contribution is 2.07. The van der Waals surface area contributed by atoms with E-state index in [0.717, 1.165) is 0 Å². The average Bonchev–Trinajstić information content (AvgIpc) is 2.89. The van der Waals surface area contributed by atoms with E-state index in [-0.39, 0.29) is 63.5 Å². The minimum Gasteiger partial charge on any atom is -0.480 e. The molecule has 0 bridgehead atoms. The maximum atomic E-state index is 13.2. The van der Waals surface area contributed by atoms with Crippen molar-refractivity contribution in [3.8, 4) is 0 Å². The van der Waals surface area contributed by atoms with Gasteiger partial charge >= 0.3 is 5.97 Å². The average molecular weight is 587 g/mol. The number of carboxylic acids is 1. The van der Waals surface area contributed by atoms with Crippen molar-refractivity contribution in [2.45, 2.75) is 82.0 Å². The number of nitrogens with two attached hydrogens (primary N) is 7. The number of amides is 4. The summed E-state index contributed by atoms with van der Waals surface area (Å²) in [5.74, 6) is -4.49. The molecular weight excluding hydrogens is 540 g/mol. The summed E-state index contributed by atoms with van der Waals surface area (Å²) >= 11 is 0. The molecule has 0 aromatic carbocycles. The van der Waals surface area contributed by atoms with Gasteiger partial charge in [0.25, 0.3) is 0 Å². The fourth-order valence-electron chi connectivity index (χ4n) is 3.55. The molecule has 4 atom stereocenters. The number of carboxylic acid groups (broad SMARTS) is 1. The van der Waals surface area contributed by atoms with Crippen LogP contribution in [0.4, 0.5) is 0 Å². The van der Waals surface area contributed by atoms with E-state index >= 15 is 0 Å². The second kappa shape index (κ2) is 20.7. The fraction of sp³-hybridized carbons (Fsp3) is 0.696. The third-order valence-corrected chi connectivity index (χ3v) is 5.76. The molecule has 234 valence electrons. The Morgan fingerprint density at radius 1 is 0.634 bits per heavy atom. The van der Waals surface area contributed by atoms with Gasteiger partial charge in [0, 0.05) is 19.5 Å². The van der Waals surface area contributed by atoms with Gasteiger partial charge in [-0.05, 0) is 57.9 Å². The highest BCUT2D eigenvalue weighted by Gasteiger charge is 2.30. The van der Waals surface area contributed by atoms with Crippen molar-refractivity contribution in [1.29, 1.82) is 0 Å². The van der Waals surface area contributed by atoms with E-state index in [1.807, 2.05) is 0 Å². The van der Waals surface area contributed by atoms with Crippen molar-refractivity contribution in [3.05, 3.63) is 0 Å². The van der Waals surface area contributed by atoms with Crippen molar-refractivity contribution in [2.24, 2.45) is 50.1 Å². The van der Waals surface area contributed by atoms with E-state index in [4.69, 9.17) is 40.1 Å². The van der Waals surface area contributed by atoms with Crippen molar-refractivity contribution in [2.75, 3.05) is 19.6 Å². The van der Waals surface area contributed by atoms with Crippen LogP contribution in [0.1, 0.15) is 57.8 Å². The molecule has 0 aromatic rings. The van der Waals surface area contributed by atoms with E-state index in [1.54, 1.807) is 0 Å². The number of aliphatic imine (C=N–C) groups is 2. The predicted molar refractivity (Wildman–Crippen MR) is 153 cm³/mol. The Morgan fingerprint density at radius 3 is 1.59 bits per heavy atom. The van der Waals surface area contributed by atoms with Gasteiger partial charge in [-0.3, -0.25) is 29.2 Å². The smallest absolute Gasteiger partial charge is 0.326 e. The molecule has 18 nitrogen and oxygen atoms in total. The summed E-state index contributed by atoms with van der Waals surface area (Å²) in [6.45, 7) is 0.765. The van der Waals surface area contributed by atoms with Gasteiger partial charge in [-0.2, -0.15) is 0 Å². The first kappa shape index (κ1) is 36.8. The monoisotopic (exact) mass is 586 g/mol. The number of nitrogens with one attached hydrogen (secondary N) is 3. The minimum atomic E-state index is -1.32. The molecule has 0 spiro atoms. The van der Waals surface area contributed by atoms with Crippen LogP contribution in [0.3, 0.4) is 0 Å². The van der Waals surface area contributed by atoms with Gasteiger partial charge in [0.2, 0.25) is 23.6 Å². The second-order valence-corrected chi connectivity index (χ2v) is 9.32. The number of primary amides is 1. The highest BCUT2D eigenvalue weighted by molar-refractivity contribution is 5.94. The molecule has 4 unspecified atom stereocenters. The van der Waals surface area contributed by atoms with Crippen LogP contribution in [0.15, 0.2) is 9.98 Å². The molecule has 0 fully saturated rings. The standard InChI is InChI=1S/C23H46N12O6/c24-10-2-1-6-16(21(40)41)35-20(39)15(8-9-17(26)36)34-19(38)14(7-4-12-32-23(29)30)33-18(37)13(25)5-3-11-31-22(27)28/h13-16H,1-12,24-25H2,(H2,26,36)(H,33,37)(H,34,38)(H,35,39)(H,40,41)(H4,27,28,31)(H4,29,30,32). The molecule has 0 rings (SSSR count). The molecule has 0 heterocycles. The zero-order chi connectivity index (χ0) is 31.4. The summed E-state index contributed by atoms with van der Waals surface area (Å²) in [5.41, 5.74) is 37.8. The van der Waals surface area contributed by atoms with Crippen LogP contribution in [0.25, 0.3) is 0 Å². The Balaban J connectivity index is 5.64. The Bertz CT molecular complexity index is 921. The van der Waals surface area contributed by atoms with Crippen molar-refractivity contribution >= 4 is 41.5 Å². The van der Waals surface area contributed by atoms with Crippen LogP contribution in [0, 0.1) is 0 Å². The van der Waals surface area contributed by atoms with Crippen LogP contribution in [0.5, 0.6) is 0 Å². The van der Waals surface area contributed by atoms with Crippen molar-refractivity contribution < 1.29 is 29.1 Å². The molecule has 0 aliphatic rings. The van der Waals surface area contributed by atoms with Gasteiger partial charge in [-0.15, -0.1) is 0 Å². The second-order valence-electron chi connectivity index (χ2n) is 9.32. The lowest BCUT2D eigenvalue weighted by molar-refractivity contribution is -0.142. The Morgan fingerprint density at radius 2 is 1.10 bits per heavy atom. The number of carbonyl (C=O) groups excluding carboxylic acids is 4. The molecule has 0 aliphatic carbocycles. The molecule has 18 N–H and O–H groups in total. The van der Waals surface area contributed by atoms with Crippen LogP contribution in [0.2, 0.25) is 0 Å². The van der Waals surface area contributed by atoms with E-state index in [1.165, 1.54) is 0 Å². The predicted octanol–water partition coefficient (Wildman–Crippen LogP) is -4.65. The number of carbonyl (C=O) groups is 5. The van der Waals surface area contributed by atoms with Gasteiger partial charge < -0.3 is 61.2 Å². The molecule has 18 heteroatoms. The molecule has 4 amide bonds. The highest BCUT2D eigenvalue weighted by atomic mass is 16.4. The number of nitrogens with zero attached hydrogens (tertiary/aromatic N) is 2. The third kappa shape index (κ3) is 17.9. The lowest BCUT2D eigenvalue weighted by Crippen LogP contribution is -2.57. The minimum absolute atomic E-state index is 0.0655. The maximum absolute atomic E-state index is 13.2. The Hall–Kier alpha value is -4.19. The van der Waals surface area contributed by atoms with Crippen molar-refractivity contribution in [1.82, 2.24) is 16.0 Å². The van der Waals surface area contributed by atoms with Gasteiger partial charge in [0.15, 0.2) is 11.9 Å². The largest absolute Gasteiger partial charge is 0.480 e. The number of aliphatic carboxylic acids is 1. The maximum Gasteiger partial charge on any atom is 0.326 e. The Labute approximate surface area is 238 Å². The summed E-state index contributed by atoms with van der Waals surface area (Å²) in [5, 5.41) is 16.9. The summed E-state index contributed by atoms with van der Waals surface area (Å²) in [4.78, 5) is 69.6. The number of hydrogen-bond acceptors (Lipinski definition) is 9. The third-order valence-electron chi connectivity index (χ3n) is 5.76. The zero-order valence-corrected chi connectivity index (χ0v) is 23.2. The van der Waals surface area contributed by atoms with E-state index in [2.05, 4.69) is 25.9 Å². The van der Waals surface area contributed by atoms with Crippen LogP contribution in [-0.4, -0.2) is 90.4 Å². The normalized spacial score (nSPS) is 13.5.